The standard InChI is InChI=1S/C21H22N6O3/c1-13-8-9-15(10-14(13)2)19(29)23-11-18(28)30-12-17-25-20(22)27-21(26-17)24-16-6-4-3-5-7-16/h3-10H,11-12H2,1-2H3,(H,23,29)(H3,22,24,25,26,27). The van der Waals surface area contributed by atoms with Gasteiger partial charge in [-0.05, 0) is 49.2 Å². The maximum atomic E-state index is 12.2. The molecule has 1 amide bonds. The van der Waals surface area contributed by atoms with E-state index in [2.05, 4.69) is 25.6 Å². The van der Waals surface area contributed by atoms with E-state index in [1.807, 2.05) is 50.2 Å². The van der Waals surface area contributed by atoms with Gasteiger partial charge in [0, 0.05) is 11.3 Å². The van der Waals surface area contributed by atoms with Crippen LogP contribution in [0.4, 0.5) is 17.6 Å². The molecule has 0 unspecified atom stereocenters. The molecule has 0 aliphatic carbocycles. The van der Waals surface area contributed by atoms with Crippen LogP contribution in [-0.4, -0.2) is 33.4 Å². The third-order valence-corrected chi connectivity index (χ3v) is 4.25. The summed E-state index contributed by atoms with van der Waals surface area (Å²) in [5, 5.41) is 5.53. The Morgan fingerprint density at radius 3 is 2.50 bits per heavy atom. The minimum atomic E-state index is -0.622. The number of benzene rings is 2. The van der Waals surface area contributed by atoms with Crippen molar-refractivity contribution in [3.63, 3.8) is 0 Å². The second kappa shape index (κ2) is 9.46. The van der Waals surface area contributed by atoms with E-state index < -0.39 is 5.97 Å². The fourth-order valence-electron chi connectivity index (χ4n) is 2.54. The Labute approximate surface area is 173 Å². The molecule has 0 spiro atoms. The Bertz CT molecular complexity index is 1060. The summed E-state index contributed by atoms with van der Waals surface area (Å²) in [6.45, 7) is 3.40. The molecular weight excluding hydrogens is 384 g/mol. The van der Waals surface area contributed by atoms with Crippen molar-refractivity contribution in [2.24, 2.45) is 0 Å². The SMILES string of the molecule is Cc1ccc(C(=O)NCC(=O)OCc2nc(N)nc(Nc3ccccc3)n2)cc1C. The lowest BCUT2D eigenvalue weighted by Crippen LogP contribution is -2.30. The maximum absolute atomic E-state index is 12.2. The summed E-state index contributed by atoms with van der Waals surface area (Å²) in [5.41, 5.74) is 9.05. The first-order valence-corrected chi connectivity index (χ1v) is 9.24. The number of ether oxygens (including phenoxy) is 1. The van der Waals surface area contributed by atoms with Crippen molar-refractivity contribution in [3.05, 3.63) is 71.0 Å². The number of aromatic nitrogens is 3. The van der Waals surface area contributed by atoms with E-state index in [1.165, 1.54) is 0 Å². The highest BCUT2D eigenvalue weighted by molar-refractivity contribution is 5.96. The van der Waals surface area contributed by atoms with Crippen molar-refractivity contribution in [1.82, 2.24) is 20.3 Å². The Morgan fingerprint density at radius 2 is 1.77 bits per heavy atom. The second-order valence-electron chi connectivity index (χ2n) is 6.57. The summed E-state index contributed by atoms with van der Waals surface area (Å²) >= 11 is 0. The van der Waals surface area contributed by atoms with Crippen molar-refractivity contribution in [3.8, 4) is 0 Å². The summed E-state index contributed by atoms with van der Waals surface area (Å²) in [7, 11) is 0. The molecule has 4 N–H and O–H groups in total. The van der Waals surface area contributed by atoms with Crippen LogP contribution >= 0.6 is 0 Å². The van der Waals surface area contributed by atoms with Gasteiger partial charge in [-0.15, -0.1) is 0 Å². The summed E-state index contributed by atoms with van der Waals surface area (Å²) in [6.07, 6.45) is 0. The van der Waals surface area contributed by atoms with Gasteiger partial charge in [-0.1, -0.05) is 24.3 Å². The van der Waals surface area contributed by atoms with Gasteiger partial charge in [0.1, 0.15) is 6.54 Å². The molecule has 2 aromatic carbocycles. The van der Waals surface area contributed by atoms with Crippen molar-refractivity contribution < 1.29 is 14.3 Å². The normalized spacial score (nSPS) is 10.3. The van der Waals surface area contributed by atoms with Crippen molar-refractivity contribution in [1.29, 1.82) is 0 Å². The van der Waals surface area contributed by atoms with E-state index in [0.717, 1.165) is 16.8 Å². The minimum absolute atomic E-state index is 0.00229. The van der Waals surface area contributed by atoms with Gasteiger partial charge in [0.25, 0.3) is 5.91 Å². The third kappa shape index (κ3) is 5.74. The number of anilines is 3. The van der Waals surface area contributed by atoms with Crippen LogP contribution in [0.25, 0.3) is 0 Å². The number of aryl methyl sites for hydroxylation is 2. The first kappa shape index (κ1) is 20.7. The van der Waals surface area contributed by atoms with Crippen LogP contribution < -0.4 is 16.4 Å². The highest BCUT2D eigenvalue weighted by atomic mass is 16.5. The van der Waals surface area contributed by atoms with E-state index in [-0.39, 0.29) is 36.8 Å². The van der Waals surface area contributed by atoms with Gasteiger partial charge in [-0.2, -0.15) is 15.0 Å². The number of esters is 1. The molecule has 1 heterocycles. The number of nitrogen functional groups attached to an aromatic ring is 1. The molecular formula is C21H22N6O3. The molecule has 0 aliphatic heterocycles. The van der Waals surface area contributed by atoms with E-state index in [9.17, 15) is 9.59 Å². The van der Waals surface area contributed by atoms with Crippen molar-refractivity contribution in [2.45, 2.75) is 20.5 Å². The molecule has 0 radical (unpaired) electrons. The lowest BCUT2D eigenvalue weighted by atomic mass is 10.1. The molecule has 30 heavy (non-hydrogen) atoms. The molecule has 0 fully saturated rings. The monoisotopic (exact) mass is 406 g/mol. The quantitative estimate of drug-likeness (QED) is 0.509. The number of nitrogens with two attached hydrogens (primary N) is 1. The zero-order valence-electron chi connectivity index (χ0n) is 16.7. The van der Waals surface area contributed by atoms with Crippen molar-refractivity contribution >= 4 is 29.5 Å². The van der Waals surface area contributed by atoms with Crippen LogP contribution in [0.1, 0.15) is 27.3 Å². The van der Waals surface area contributed by atoms with Crippen LogP contribution in [0.5, 0.6) is 0 Å². The second-order valence-corrected chi connectivity index (χ2v) is 6.57. The molecule has 9 heteroatoms. The molecule has 0 aliphatic rings. The Morgan fingerprint density at radius 1 is 1.00 bits per heavy atom. The van der Waals surface area contributed by atoms with E-state index in [1.54, 1.807) is 12.1 Å². The van der Waals surface area contributed by atoms with E-state index >= 15 is 0 Å². The minimum Gasteiger partial charge on any atom is -0.456 e. The number of rotatable bonds is 7. The summed E-state index contributed by atoms with van der Waals surface area (Å²) in [4.78, 5) is 36.3. The fraction of sp³-hybridized carbons (Fsp3) is 0.190. The number of hydrogen-bond acceptors (Lipinski definition) is 8. The number of nitrogens with one attached hydrogen (secondary N) is 2. The Hall–Kier alpha value is -4.01. The molecule has 0 atom stereocenters. The zero-order chi connectivity index (χ0) is 21.5. The lowest BCUT2D eigenvalue weighted by Gasteiger charge is -2.09. The molecule has 1 aromatic heterocycles. The van der Waals surface area contributed by atoms with Gasteiger partial charge in [-0.25, -0.2) is 0 Å². The van der Waals surface area contributed by atoms with Crippen LogP contribution in [-0.2, 0) is 16.1 Å². The zero-order valence-corrected chi connectivity index (χ0v) is 16.7. The molecule has 9 nitrogen and oxygen atoms in total. The third-order valence-electron chi connectivity index (χ3n) is 4.25. The Balaban J connectivity index is 1.52. The summed E-state index contributed by atoms with van der Waals surface area (Å²) in [5.74, 6) is -0.548. The van der Waals surface area contributed by atoms with Gasteiger partial charge in [0.05, 0.1) is 0 Å². The van der Waals surface area contributed by atoms with E-state index in [4.69, 9.17) is 10.5 Å². The number of carbonyl (C=O) groups is 2. The van der Waals surface area contributed by atoms with Gasteiger partial charge >= 0.3 is 5.97 Å². The highest BCUT2D eigenvalue weighted by Gasteiger charge is 2.12. The predicted molar refractivity (Wildman–Crippen MR) is 112 cm³/mol. The first-order valence-electron chi connectivity index (χ1n) is 9.24. The maximum Gasteiger partial charge on any atom is 0.325 e. The summed E-state index contributed by atoms with van der Waals surface area (Å²) in [6, 6.07) is 14.6. The van der Waals surface area contributed by atoms with Gasteiger partial charge in [0.2, 0.25) is 11.9 Å². The van der Waals surface area contributed by atoms with Crippen LogP contribution in [0.2, 0.25) is 0 Å². The lowest BCUT2D eigenvalue weighted by molar-refractivity contribution is -0.143. The topological polar surface area (TPSA) is 132 Å². The number of nitrogens with zero attached hydrogens (tertiary/aromatic N) is 3. The van der Waals surface area contributed by atoms with Crippen molar-refractivity contribution in [2.75, 3.05) is 17.6 Å². The van der Waals surface area contributed by atoms with Gasteiger partial charge < -0.3 is 21.1 Å². The highest BCUT2D eigenvalue weighted by Crippen LogP contribution is 2.13. The summed E-state index contributed by atoms with van der Waals surface area (Å²) < 4.78 is 5.13. The van der Waals surface area contributed by atoms with E-state index in [0.29, 0.717) is 5.56 Å². The fourth-order valence-corrected chi connectivity index (χ4v) is 2.54. The van der Waals surface area contributed by atoms with Crippen LogP contribution in [0.15, 0.2) is 48.5 Å². The molecule has 0 saturated heterocycles. The molecule has 0 bridgehead atoms. The molecule has 154 valence electrons. The molecule has 3 aromatic rings. The average molecular weight is 406 g/mol. The molecule has 0 saturated carbocycles. The Kier molecular flexibility index (Phi) is 6.53. The number of hydrogen-bond donors (Lipinski definition) is 3. The number of para-hydroxylation sites is 1. The molecule has 3 rings (SSSR count). The largest absolute Gasteiger partial charge is 0.456 e. The predicted octanol–water partition coefficient (Wildman–Crippen LogP) is 2.29. The average Bonchev–Trinajstić information content (AvgIpc) is 2.73. The van der Waals surface area contributed by atoms with Gasteiger partial charge in [0.15, 0.2) is 12.4 Å². The van der Waals surface area contributed by atoms with Crippen LogP contribution in [0, 0.1) is 13.8 Å². The first-order chi connectivity index (χ1) is 14.4. The number of carbonyl (C=O) groups excluding carboxylic acids is 2. The van der Waals surface area contributed by atoms with Gasteiger partial charge in [-0.3, -0.25) is 9.59 Å². The number of amides is 1. The van der Waals surface area contributed by atoms with Crippen LogP contribution in [0.3, 0.4) is 0 Å². The smallest absolute Gasteiger partial charge is 0.325 e.